The predicted octanol–water partition coefficient (Wildman–Crippen LogP) is 2.56. The Morgan fingerprint density at radius 1 is 1.12 bits per heavy atom. The van der Waals surface area contributed by atoms with Gasteiger partial charge in [0.1, 0.15) is 5.75 Å². The lowest BCUT2D eigenvalue weighted by Crippen LogP contribution is -2.37. The second kappa shape index (κ2) is 5.79. The van der Waals surface area contributed by atoms with Crippen LogP contribution >= 0.6 is 0 Å². The van der Waals surface area contributed by atoms with Gasteiger partial charge in [0.25, 0.3) is 0 Å². The van der Waals surface area contributed by atoms with Crippen LogP contribution in [0.3, 0.4) is 0 Å². The molecule has 3 heterocycles. The van der Waals surface area contributed by atoms with E-state index >= 15 is 0 Å². The summed E-state index contributed by atoms with van der Waals surface area (Å²) in [5.41, 5.74) is 4.42. The number of phenolic OH excluding ortho intramolecular Hbond substituents is 1. The summed E-state index contributed by atoms with van der Waals surface area (Å²) in [6, 6.07) is 3.94. The zero-order valence-corrected chi connectivity index (χ0v) is 13.9. The Labute approximate surface area is 140 Å². The van der Waals surface area contributed by atoms with E-state index in [-0.39, 0.29) is 0 Å². The lowest BCUT2D eigenvalue weighted by molar-refractivity contribution is 0.122. The molecule has 0 bridgehead atoms. The van der Waals surface area contributed by atoms with Crippen LogP contribution in [0.5, 0.6) is 5.75 Å². The highest BCUT2D eigenvalue weighted by Gasteiger charge is 2.18. The second-order valence-corrected chi connectivity index (χ2v) is 6.17. The summed E-state index contributed by atoms with van der Waals surface area (Å²) in [6.45, 7) is 6.85. The van der Waals surface area contributed by atoms with Gasteiger partial charge in [-0.1, -0.05) is 0 Å². The molecule has 1 aliphatic rings. The summed E-state index contributed by atoms with van der Waals surface area (Å²) in [7, 11) is 0. The van der Waals surface area contributed by atoms with Gasteiger partial charge >= 0.3 is 0 Å². The van der Waals surface area contributed by atoms with Crippen molar-refractivity contribution in [1.29, 1.82) is 0 Å². The van der Waals surface area contributed by atoms with E-state index in [0.717, 1.165) is 46.9 Å². The number of benzene rings is 1. The lowest BCUT2D eigenvalue weighted by Gasteiger charge is -2.28. The Bertz CT molecular complexity index is 874. The molecule has 3 aromatic rings. The first-order chi connectivity index (χ1) is 11.6. The molecule has 124 valence electrons. The maximum absolute atomic E-state index is 10.0. The van der Waals surface area contributed by atoms with Crippen LogP contribution in [0.2, 0.25) is 0 Å². The number of morpholine rings is 1. The van der Waals surface area contributed by atoms with E-state index in [1.54, 1.807) is 6.20 Å². The van der Waals surface area contributed by atoms with Crippen molar-refractivity contribution in [3.8, 4) is 17.0 Å². The maximum atomic E-state index is 10.0. The molecular formula is C18H20N4O2. The van der Waals surface area contributed by atoms with Gasteiger partial charge in [-0.05, 0) is 37.1 Å². The van der Waals surface area contributed by atoms with Gasteiger partial charge in [0.2, 0.25) is 0 Å². The minimum absolute atomic E-state index is 0.343. The van der Waals surface area contributed by atoms with Gasteiger partial charge < -0.3 is 19.1 Å². The zero-order chi connectivity index (χ0) is 16.7. The fraction of sp³-hybridized carbons (Fsp3) is 0.333. The quantitative estimate of drug-likeness (QED) is 0.785. The summed E-state index contributed by atoms with van der Waals surface area (Å²) in [5.74, 6) is 1.22. The monoisotopic (exact) mass is 324 g/mol. The number of fused-ring (bicyclic) bond motifs is 1. The number of imidazole rings is 1. The van der Waals surface area contributed by atoms with Gasteiger partial charge in [-0.25, -0.2) is 9.97 Å². The maximum Gasteiger partial charge on any atom is 0.180 e. The molecule has 1 aliphatic heterocycles. The molecule has 6 nitrogen and oxygen atoms in total. The van der Waals surface area contributed by atoms with Crippen LogP contribution in [-0.2, 0) is 4.74 Å². The summed E-state index contributed by atoms with van der Waals surface area (Å²) >= 11 is 0. The fourth-order valence-electron chi connectivity index (χ4n) is 3.15. The van der Waals surface area contributed by atoms with E-state index in [0.29, 0.717) is 19.0 Å². The highest BCUT2D eigenvalue weighted by atomic mass is 16.5. The number of aryl methyl sites for hydroxylation is 2. The van der Waals surface area contributed by atoms with E-state index in [4.69, 9.17) is 9.72 Å². The first-order valence-corrected chi connectivity index (χ1v) is 8.10. The first kappa shape index (κ1) is 15.0. The van der Waals surface area contributed by atoms with Crippen LogP contribution in [-0.4, -0.2) is 45.8 Å². The third-order valence-electron chi connectivity index (χ3n) is 4.45. The van der Waals surface area contributed by atoms with Gasteiger partial charge in [-0.2, -0.15) is 0 Å². The number of aromatic hydroxyl groups is 1. The molecule has 2 aromatic heterocycles. The van der Waals surface area contributed by atoms with Crippen LogP contribution in [0.4, 0.5) is 5.82 Å². The molecule has 0 saturated carbocycles. The number of aromatic nitrogens is 3. The Balaban J connectivity index is 1.87. The highest BCUT2D eigenvalue weighted by molar-refractivity contribution is 5.71. The lowest BCUT2D eigenvalue weighted by atomic mass is 10.0. The number of hydrogen-bond acceptors (Lipinski definition) is 5. The van der Waals surface area contributed by atoms with E-state index in [9.17, 15) is 5.11 Å². The van der Waals surface area contributed by atoms with Crippen molar-refractivity contribution in [3.63, 3.8) is 0 Å². The van der Waals surface area contributed by atoms with E-state index in [1.165, 1.54) is 0 Å². The average Bonchev–Trinajstić information content (AvgIpc) is 3.07. The van der Waals surface area contributed by atoms with E-state index < -0.39 is 0 Å². The fourth-order valence-corrected chi connectivity index (χ4v) is 3.15. The Kier molecular flexibility index (Phi) is 3.61. The van der Waals surface area contributed by atoms with Gasteiger partial charge in [0, 0.05) is 37.2 Å². The number of phenols is 1. The molecule has 0 spiro atoms. The average molecular weight is 324 g/mol. The summed E-state index contributed by atoms with van der Waals surface area (Å²) < 4.78 is 7.45. The molecule has 6 heteroatoms. The third kappa shape index (κ3) is 2.49. The van der Waals surface area contributed by atoms with Gasteiger partial charge in [-0.3, -0.25) is 0 Å². The van der Waals surface area contributed by atoms with Gasteiger partial charge in [0.15, 0.2) is 11.5 Å². The number of anilines is 1. The van der Waals surface area contributed by atoms with Crippen molar-refractivity contribution in [2.45, 2.75) is 13.8 Å². The molecule has 4 rings (SSSR count). The van der Waals surface area contributed by atoms with E-state index in [2.05, 4.69) is 9.88 Å². The van der Waals surface area contributed by atoms with Crippen LogP contribution in [0, 0.1) is 13.8 Å². The SMILES string of the molecule is Cc1cc(-c2cn3ccnc3c(N3CCOCC3)n2)cc(C)c1O. The van der Waals surface area contributed by atoms with Crippen LogP contribution in [0.25, 0.3) is 16.9 Å². The van der Waals surface area contributed by atoms with Crippen LogP contribution < -0.4 is 4.90 Å². The largest absolute Gasteiger partial charge is 0.507 e. The molecule has 0 radical (unpaired) electrons. The minimum atomic E-state index is 0.343. The topological polar surface area (TPSA) is 62.9 Å². The molecule has 1 N–H and O–H groups in total. The number of hydrogen-bond donors (Lipinski definition) is 1. The molecule has 1 aromatic carbocycles. The molecule has 0 unspecified atom stereocenters. The summed E-state index contributed by atoms with van der Waals surface area (Å²) in [4.78, 5) is 11.6. The standard InChI is InChI=1S/C18H20N4O2/c1-12-9-14(10-13(2)16(12)23)15-11-22-4-3-19-17(22)18(20-15)21-5-7-24-8-6-21/h3-4,9-11,23H,5-8H2,1-2H3. The molecule has 0 atom stereocenters. The highest BCUT2D eigenvalue weighted by Crippen LogP contribution is 2.30. The van der Waals surface area contributed by atoms with Crippen molar-refractivity contribution in [3.05, 3.63) is 41.9 Å². The molecule has 24 heavy (non-hydrogen) atoms. The number of nitrogens with zero attached hydrogens (tertiary/aromatic N) is 4. The van der Waals surface area contributed by atoms with Gasteiger partial charge in [0.05, 0.1) is 18.9 Å². The predicted molar refractivity (Wildman–Crippen MR) is 92.6 cm³/mol. The molecule has 1 fully saturated rings. The van der Waals surface area contributed by atoms with Crippen LogP contribution in [0.1, 0.15) is 11.1 Å². The second-order valence-electron chi connectivity index (χ2n) is 6.17. The third-order valence-corrected chi connectivity index (χ3v) is 4.45. The number of rotatable bonds is 2. The Morgan fingerprint density at radius 3 is 2.54 bits per heavy atom. The molecule has 1 saturated heterocycles. The van der Waals surface area contributed by atoms with Gasteiger partial charge in [-0.15, -0.1) is 0 Å². The van der Waals surface area contributed by atoms with Crippen molar-refractivity contribution >= 4 is 11.5 Å². The van der Waals surface area contributed by atoms with Crippen LogP contribution in [0.15, 0.2) is 30.7 Å². The Hall–Kier alpha value is -2.60. The first-order valence-electron chi connectivity index (χ1n) is 8.10. The van der Waals surface area contributed by atoms with E-state index in [1.807, 2.05) is 42.8 Å². The minimum Gasteiger partial charge on any atom is -0.507 e. The van der Waals surface area contributed by atoms with Crippen molar-refractivity contribution < 1.29 is 9.84 Å². The van der Waals surface area contributed by atoms with Crippen molar-refractivity contribution in [1.82, 2.24) is 14.4 Å². The molecule has 0 aliphatic carbocycles. The summed E-state index contributed by atoms with van der Waals surface area (Å²) in [5, 5.41) is 10.0. The number of ether oxygens (including phenoxy) is 1. The normalized spacial score (nSPS) is 15.2. The molecular weight excluding hydrogens is 304 g/mol. The molecule has 0 amide bonds. The smallest absolute Gasteiger partial charge is 0.180 e. The Morgan fingerprint density at radius 2 is 1.83 bits per heavy atom. The van der Waals surface area contributed by atoms with Crippen molar-refractivity contribution in [2.75, 3.05) is 31.2 Å². The zero-order valence-electron chi connectivity index (χ0n) is 13.9. The van der Waals surface area contributed by atoms with Crippen molar-refractivity contribution in [2.24, 2.45) is 0 Å². The summed E-state index contributed by atoms with van der Waals surface area (Å²) in [6.07, 6.45) is 5.71.